The summed E-state index contributed by atoms with van der Waals surface area (Å²) in [5.74, 6) is 1.07. The van der Waals surface area contributed by atoms with Gasteiger partial charge in [0.15, 0.2) is 0 Å². The molecule has 2 aromatic heterocycles. The van der Waals surface area contributed by atoms with Gasteiger partial charge >= 0.3 is 6.09 Å². The van der Waals surface area contributed by atoms with Crippen LogP contribution in [0.1, 0.15) is 46.6 Å². The largest absolute Gasteiger partial charge is 0.444 e. The summed E-state index contributed by atoms with van der Waals surface area (Å²) in [6.45, 7) is 10.3. The van der Waals surface area contributed by atoms with Gasteiger partial charge in [-0.1, -0.05) is 0 Å². The number of aromatic nitrogens is 2. The highest BCUT2D eigenvalue weighted by Gasteiger charge is 2.37. The summed E-state index contributed by atoms with van der Waals surface area (Å²) in [5.41, 5.74) is 0.457. The number of halogens is 1. The van der Waals surface area contributed by atoms with E-state index in [0.717, 1.165) is 60.3 Å². The molecule has 2 aliphatic rings. The van der Waals surface area contributed by atoms with Crippen LogP contribution in [-0.4, -0.2) is 76.2 Å². The van der Waals surface area contributed by atoms with Crippen molar-refractivity contribution in [3.05, 3.63) is 22.8 Å². The zero-order valence-electron chi connectivity index (χ0n) is 19.5. The average molecular weight is 506 g/mol. The Bertz CT molecular complexity index is 1020. The van der Waals surface area contributed by atoms with Crippen molar-refractivity contribution >= 4 is 44.8 Å². The second-order valence-corrected chi connectivity index (χ2v) is 10.6. The van der Waals surface area contributed by atoms with Gasteiger partial charge in [-0.05, 0) is 61.7 Å². The Balaban J connectivity index is 1.47. The number of piperazine rings is 1. The van der Waals surface area contributed by atoms with Gasteiger partial charge in [-0.15, -0.1) is 0 Å². The Hall–Kier alpha value is -2.29. The van der Waals surface area contributed by atoms with Crippen molar-refractivity contribution in [2.24, 2.45) is 0 Å². The second kappa shape index (κ2) is 8.57. The number of hydrogen-bond donors (Lipinski definition) is 0. The summed E-state index contributed by atoms with van der Waals surface area (Å²) < 4.78 is 8.76. The van der Waals surface area contributed by atoms with Crippen molar-refractivity contribution in [3.8, 4) is 0 Å². The lowest BCUT2D eigenvalue weighted by atomic mass is 9.85. The van der Waals surface area contributed by atoms with Crippen LogP contribution in [0, 0.1) is 0 Å². The highest BCUT2D eigenvalue weighted by molar-refractivity contribution is 9.10. The van der Waals surface area contributed by atoms with Crippen molar-refractivity contribution < 1.29 is 14.3 Å². The van der Waals surface area contributed by atoms with E-state index in [9.17, 15) is 9.59 Å². The van der Waals surface area contributed by atoms with Crippen molar-refractivity contribution in [2.75, 3.05) is 38.1 Å². The minimum Gasteiger partial charge on any atom is -0.444 e. The minimum absolute atomic E-state index is 0.127. The summed E-state index contributed by atoms with van der Waals surface area (Å²) in [4.78, 5) is 34.8. The molecule has 2 fully saturated rings. The fourth-order valence-electron chi connectivity index (χ4n) is 4.36. The predicted octanol–water partition coefficient (Wildman–Crippen LogP) is 4.04. The third-order valence-electron chi connectivity index (χ3n) is 6.37. The van der Waals surface area contributed by atoms with Crippen LogP contribution in [0.4, 0.5) is 10.6 Å². The monoisotopic (exact) mass is 505 g/mol. The van der Waals surface area contributed by atoms with Crippen LogP contribution in [0.25, 0.3) is 11.0 Å². The number of ether oxygens (including phenoxy) is 1. The van der Waals surface area contributed by atoms with E-state index < -0.39 is 5.60 Å². The third-order valence-corrected chi connectivity index (χ3v) is 7.01. The molecule has 2 amide bonds. The van der Waals surface area contributed by atoms with Crippen LogP contribution < -0.4 is 4.90 Å². The molecule has 3 heterocycles. The van der Waals surface area contributed by atoms with Crippen LogP contribution in [0.3, 0.4) is 0 Å². The molecule has 0 aromatic carbocycles. The SMILES string of the molecule is CC(=O)N1CCN(c2ccc3c(Br)cn([C@H]4C[C@H](N(C)C(=O)OC(C)(C)C)C4)c3n2)CC1. The Morgan fingerprint density at radius 3 is 2.41 bits per heavy atom. The molecule has 2 aromatic rings. The normalized spacial score (nSPS) is 21.4. The molecule has 1 aliphatic heterocycles. The maximum Gasteiger partial charge on any atom is 0.410 e. The molecule has 0 radical (unpaired) electrons. The van der Waals surface area contributed by atoms with E-state index in [4.69, 9.17) is 9.72 Å². The molecular weight excluding hydrogens is 474 g/mol. The average Bonchev–Trinajstić information content (AvgIpc) is 3.01. The van der Waals surface area contributed by atoms with Crippen molar-refractivity contribution in [3.63, 3.8) is 0 Å². The zero-order chi connectivity index (χ0) is 23.2. The minimum atomic E-state index is -0.494. The first-order valence-electron chi connectivity index (χ1n) is 11.2. The highest BCUT2D eigenvalue weighted by Crippen LogP contribution is 2.40. The van der Waals surface area contributed by atoms with Crippen LogP contribution in [0.2, 0.25) is 0 Å². The van der Waals surface area contributed by atoms with E-state index in [-0.39, 0.29) is 24.1 Å². The standard InChI is InChI=1S/C23H32BrN5O3/c1-15(30)27-8-10-28(11-9-27)20-7-6-18-19(24)14-29(21(18)25-20)17-12-16(13-17)26(5)22(31)32-23(2,3)4/h6-7,14,16-17H,8-13H2,1-5H3/t16-,17-. The van der Waals surface area contributed by atoms with Gasteiger partial charge in [0.05, 0.1) is 0 Å². The molecule has 9 heteroatoms. The number of hydrogen-bond acceptors (Lipinski definition) is 5. The number of pyridine rings is 1. The van der Waals surface area contributed by atoms with E-state index in [1.165, 1.54) is 0 Å². The Morgan fingerprint density at radius 1 is 1.16 bits per heavy atom. The number of carbonyl (C=O) groups is 2. The molecule has 174 valence electrons. The summed E-state index contributed by atoms with van der Waals surface area (Å²) in [5, 5.41) is 1.08. The second-order valence-electron chi connectivity index (χ2n) is 9.79. The van der Waals surface area contributed by atoms with E-state index >= 15 is 0 Å². The molecule has 0 bridgehead atoms. The quantitative estimate of drug-likeness (QED) is 0.629. The lowest BCUT2D eigenvalue weighted by Gasteiger charge is -2.42. The van der Waals surface area contributed by atoms with Crippen molar-refractivity contribution in [2.45, 2.75) is 58.2 Å². The molecule has 4 rings (SSSR count). The van der Waals surface area contributed by atoms with E-state index in [0.29, 0.717) is 0 Å². The van der Waals surface area contributed by atoms with Gasteiger partial charge in [-0.25, -0.2) is 9.78 Å². The Labute approximate surface area is 197 Å². The Morgan fingerprint density at radius 2 is 1.81 bits per heavy atom. The molecule has 0 N–H and O–H groups in total. The third kappa shape index (κ3) is 4.58. The number of fused-ring (bicyclic) bond motifs is 1. The van der Waals surface area contributed by atoms with Gasteiger partial charge in [0, 0.05) is 68.3 Å². The molecule has 1 saturated heterocycles. The van der Waals surface area contributed by atoms with Crippen molar-refractivity contribution in [1.82, 2.24) is 19.4 Å². The van der Waals surface area contributed by atoms with Crippen LogP contribution >= 0.6 is 15.9 Å². The first-order valence-corrected chi connectivity index (χ1v) is 12.0. The van der Waals surface area contributed by atoms with Crippen LogP contribution in [0.15, 0.2) is 22.8 Å². The predicted molar refractivity (Wildman–Crippen MR) is 128 cm³/mol. The fourth-order valence-corrected chi connectivity index (χ4v) is 4.89. The molecule has 0 unspecified atom stereocenters. The van der Waals surface area contributed by atoms with Gasteiger partial charge in [0.1, 0.15) is 17.1 Å². The summed E-state index contributed by atoms with van der Waals surface area (Å²) in [6, 6.07) is 4.61. The van der Waals surface area contributed by atoms with Crippen LogP contribution in [0.5, 0.6) is 0 Å². The van der Waals surface area contributed by atoms with E-state index in [1.54, 1.807) is 11.8 Å². The van der Waals surface area contributed by atoms with Gasteiger partial charge in [-0.3, -0.25) is 4.79 Å². The number of anilines is 1. The molecule has 1 saturated carbocycles. The lowest BCUT2D eigenvalue weighted by Crippen LogP contribution is -2.48. The molecule has 8 nitrogen and oxygen atoms in total. The maximum atomic E-state index is 12.4. The van der Waals surface area contributed by atoms with Crippen LogP contribution in [-0.2, 0) is 9.53 Å². The maximum absolute atomic E-state index is 12.4. The van der Waals surface area contributed by atoms with Crippen molar-refractivity contribution in [1.29, 1.82) is 0 Å². The lowest BCUT2D eigenvalue weighted by molar-refractivity contribution is -0.129. The number of carbonyl (C=O) groups excluding carboxylic acids is 2. The Kier molecular flexibility index (Phi) is 6.13. The summed E-state index contributed by atoms with van der Waals surface area (Å²) in [6.07, 6.45) is 3.57. The molecular formula is C23H32BrN5O3. The van der Waals surface area contributed by atoms with Gasteiger partial charge < -0.3 is 24.0 Å². The van der Waals surface area contributed by atoms with Gasteiger partial charge in [-0.2, -0.15) is 0 Å². The summed E-state index contributed by atoms with van der Waals surface area (Å²) >= 11 is 3.68. The smallest absolute Gasteiger partial charge is 0.410 e. The first-order chi connectivity index (χ1) is 15.0. The first kappa shape index (κ1) is 22.9. The fraction of sp³-hybridized carbons (Fsp3) is 0.609. The zero-order valence-corrected chi connectivity index (χ0v) is 21.1. The van der Waals surface area contributed by atoms with E-state index in [1.807, 2.05) is 32.7 Å². The molecule has 0 spiro atoms. The van der Waals surface area contributed by atoms with Gasteiger partial charge in [0.2, 0.25) is 5.91 Å². The highest BCUT2D eigenvalue weighted by atomic mass is 79.9. The number of rotatable bonds is 3. The number of amides is 2. The molecule has 0 atom stereocenters. The van der Waals surface area contributed by atoms with E-state index in [2.05, 4.69) is 43.7 Å². The molecule has 1 aliphatic carbocycles. The topological polar surface area (TPSA) is 70.9 Å². The summed E-state index contributed by atoms with van der Waals surface area (Å²) in [7, 11) is 1.82. The van der Waals surface area contributed by atoms with Gasteiger partial charge in [0.25, 0.3) is 0 Å². The molecule has 32 heavy (non-hydrogen) atoms. The number of nitrogens with zero attached hydrogens (tertiary/aromatic N) is 5.